The Labute approximate surface area is 178 Å². The Balaban J connectivity index is 1.56. The minimum Gasteiger partial charge on any atom is -0.493 e. The smallest absolute Gasteiger partial charge is 0.243 e. The number of carbonyl (C=O) groups is 1. The Morgan fingerprint density at radius 2 is 1.83 bits per heavy atom. The van der Waals surface area contributed by atoms with Gasteiger partial charge in [0.05, 0.1) is 25.0 Å². The van der Waals surface area contributed by atoms with E-state index < -0.39 is 10.0 Å². The normalized spacial score (nSPS) is 17.3. The molecular weight excluding hydrogens is 404 g/mol. The van der Waals surface area contributed by atoms with Crippen molar-refractivity contribution in [3.05, 3.63) is 54.1 Å². The van der Waals surface area contributed by atoms with Crippen LogP contribution in [0, 0.1) is 5.92 Å². The molecule has 3 rings (SSSR count). The number of piperidine rings is 1. The van der Waals surface area contributed by atoms with Crippen LogP contribution < -0.4 is 14.8 Å². The number of hydrogen-bond donors (Lipinski definition) is 1. The molecule has 8 heteroatoms. The van der Waals surface area contributed by atoms with Gasteiger partial charge in [0.15, 0.2) is 11.5 Å². The van der Waals surface area contributed by atoms with Gasteiger partial charge >= 0.3 is 0 Å². The number of methoxy groups -OCH3 is 2. The van der Waals surface area contributed by atoms with Crippen LogP contribution in [-0.4, -0.2) is 52.5 Å². The van der Waals surface area contributed by atoms with Crippen molar-refractivity contribution < 1.29 is 22.7 Å². The number of ether oxygens (including phenoxy) is 2. The van der Waals surface area contributed by atoms with Gasteiger partial charge in [-0.25, -0.2) is 8.42 Å². The van der Waals surface area contributed by atoms with E-state index in [4.69, 9.17) is 9.47 Å². The molecule has 0 radical (unpaired) electrons. The summed E-state index contributed by atoms with van der Waals surface area (Å²) in [6.07, 6.45) is 1.99. The van der Waals surface area contributed by atoms with E-state index in [0.717, 1.165) is 5.56 Å². The number of hydrogen-bond acceptors (Lipinski definition) is 5. The van der Waals surface area contributed by atoms with Crippen molar-refractivity contribution in [2.75, 3.05) is 33.9 Å². The molecule has 7 nitrogen and oxygen atoms in total. The fourth-order valence-electron chi connectivity index (χ4n) is 3.63. The van der Waals surface area contributed by atoms with Crippen molar-refractivity contribution in [1.29, 1.82) is 0 Å². The van der Waals surface area contributed by atoms with Crippen molar-refractivity contribution in [2.45, 2.75) is 24.2 Å². The highest BCUT2D eigenvalue weighted by Crippen LogP contribution is 2.28. The molecule has 1 atom stereocenters. The summed E-state index contributed by atoms with van der Waals surface area (Å²) in [5, 5.41) is 2.95. The zero-order valence-corrected chi connectivity index (χ0v) is 18.2. The van der Waals surface area contributed by atoms with E-state index in [1.54, 1.807) is 44.6 Å². The first-order chi connectivity index (χ1) is 14.5. The van der Waals surface area contributed by atoms with Gasteiger partial charge in [-0.15, -0.1) is 0 Å². The number of benzene rings is 2. The quantitative estimate of drug-likeness (QED) is 0.693. The molecule has 0 spiro atoms. The average Bonchev–Trinajstić information content (AvgIpc) is 2.79. The molecule has 0 saturated carbocycles. The monoisotopic (exact) mass is 432 g/mol. The molecule has 162 valence electrons. The molecule has 0 aliphatic carbocycles. The van der Waals surface area contributed by atoms with Gasteiger partial charge in [0.25, 0.3) is 0 Å². The molecule has 0 unspecified atom stereocenters. The number of sulfonamides is 1. The Hall–Kier alpha value is -2.58. The minimum absolute atomic E-state index is 0.108. The number of carbonyl (C=O) groups excluding carboxylic acids is 1. The third-order valence-corrected chi connectivity index (χ3v) is 7.18. The summed E-state index contributed by atoms with van der Waals surface area (Å²) in [5.41, 5.74) is 1.02. The van der Waals surface area contributed by atoms with E-state index in [-0.39, 0.29) is 23.3 Å². The van der Waals surface area contributed by atoms with Crippen molar-refractivity contribution in [1.82, 2.24) is 9.62 Å². The molecule has 1 heterocycles. The SMILES string of the molecule is COc1ccc(CCNC(=O)[C@H]2CCCN(S(=O)(=O)c3ccccc3)C2)cc1OC. The first-order valence-electron chi connectivity index (χ1n) is 9.99. The average molecular weight is 433 g/mol. The second-order valence-corrected chi connectivity index (χ2v) is 9.18. The van der Waals surface area contributed by atoms with Crippen LogP contribution in [-0.2, 0) is 21.2 Å². The summed E-state index contributed by atoms with van der Waals surface area (Å²) in [6, 6.07) is 14.0. The Bertz CT molecular complexity index is 963. The summed E-state index contributed by atoms with van der Waals surface area (Å²) >= 11 is 0. The highest BCUT2D eigenvalue weighted by Gasteiger charge is 2.33. The van der Waals surface area contributed by atoms with Gasteiger partial charge in [0, 0.05) is 19.6 Å². The minimum atomic E-state index is -3.58. The van der Waals surface area contributed by atoms with Crippen LogP contribution in [0.5, 0.6) is 11.5 Å². The van der Waals surface area contributed by atoms with E-state index in [1.807, 2.05) is 18.2 Å². The largest absolute Gasteiger partial charge is 0.493 e. The third kappa shape index (κ3) is 5.12. The van der Waals surface area contributed by atoms with Crippen molar-refractivity contribution in [3.63, 3.8) is 0 Å². The van der Waals surface area contributed by atoms with Crippen LogP contribution in [0.3, 0.4) is 0 Å². The molecule has 2 aromatic rings. The molecule has 1 fully saturated rings. The first kappa shape index (κ1) is 22.1. The maximum Gasteiger partial charge on any atom is 0.243 e. The molecule has 0 aromatic heterocycles. The Kier molecular flexibility index (Phi) is 7.33. The summed E-state index contributed by atoms with van der Waals surface area (Å²) in [5.74, 6) is 0.855. The molecule has 0 bridgehead atoms. The van der Waals surface area contributed by atoms with E-state index >= 15 is 0 Å². The zero-order valence-electron chi connectivity index (χ0n) is 17.3. The van der Waals surface area contributed by atoms with Gasteiger partial charge in [0.1, 0.15) is 0 Å². The summed E-state index contributed by atoms with van der Waals surface area (Å²) in [4.78, 5) is 12.9. The lowest BCUT2D eigenvalue weighted by Gasteiger charge is -2.31. The second kappa shape index (κ2) is 9.95. The van der Waals surface area contributed by atoms with Crippen LogP contribution in [0.25, 0.3) is 0 Å². The van der Waals surface area contributed by atoms with Gasteiger partial charge in [-0.1, -0.05) is 24.3 Å². The van der Waals surface area contributed by atoms with Crippen LogP contribution in [0.15, 0.2) is 53.4 Å². The van der Waals surface area contributed by atoms with Crippen LogP contribution in [0.1, 0.15) is 18.4 Å². The Morgan fingerprint density at radius 1 is 1.10 bits per heavy atom. The molecule has 1 aliphatic rings. The second-order valence-electron chi connectivity index (χ2n) is 7.25. The van der Waals surface area contributed by atoms with E-state index in [2.05, 4.69) is 5.32 Å². The summed E-state index contributed by atoms with van der Waals surface area (Å²) in [7, 11) is -0.407. The Morgan fingerprint density at radius 3 is 2.53 bits per heavy atom. The summed E-state index contributed by atoms with van der Waals surface area (Å²) < 4.78 is 37.6. The highest BCUT2D eigenvalue weighted by atomic mass is 32.2. The maximum atomic E-state index is 12.8. The summed E-state index contributed by atoms with van der Waals surface area (Å²) in [6.45, 7) is 1.11. The fraction of sp³-hybridized carbons (Fsp3) is 0.409. The third-order valence-electron chi connectivity index (χ3n) is 5.30. The van der Waals surface area contributed by atoms with Crippen molar-refractivity contribution >= 4 is 15.9 Å². The van der Waals surface area contributed by atoms with Crippen molar-refractivity contribution in [2.24, 2.45) is 5.92 Å². The zero-order chi connectivity index (χ0) is 21.6. The number of nitrogens with zero attached hydrogens (tertiary/aromatic N) is 1. The lowest BCUT2D eigenvalue weighted by atomic mass is 9.99. The highest BCUT2D eigenvalue weighted by molar-refractivity contribution is 7.89. The van der Waals surface area contributed by atoms with Gasteiger partial charge in [0.2, 0.25) is 15.9 Å². The van der Waals surface area contributed by atoms with Gasteiger partial charge < -0.3 is 14.8 Å². The number of rotatable bonds is 8. The lowest BCUT2D eigenvalue weighted by Crippen LogP contribution is -2.45. The molecule has 1 N–H and O–H groups in total. The molecule has 1 amide bonds. The topological polar surface area (TPSA) is 84.9 Å². The van der Waals surface area contributed by atoms with Gasteiger partial charge in [-0.2, -0.15) is 4.31 Å². The number of nitrogens with one attached hydrogen (secondary N) is 1. The van der Waals surface area contributed by atoms with E-state index in [0.29, 0.717) is 43.9 Å². The first-order valence-corrected chi connectivity index (χ1v) is 11.4. The molecular formula is C22H28N2O5S. The maximum absolute atomic E-state index is 12.8. The standard InChI is InChI=1S/C22H28N2O5S/c1-28-20-11-10-17(15-21(20)29-2)12-13-23-22(25)18-7-6-14-24(16-18)30(26,27)19-8-4-3-5-9-19/h3-5,8-11,15,18H,6-7,12-14,16H2,1-2H3,(H,23,25)/t18-/m0/s1. The lowest BCUT2D eigenvalue weighted by molar-refractivity contribution is -0.126. The predicted octanol–water partition coefficient (Wildman–Crippen LogP) is 2.46. The molecule has 1 aliphatic heterocycles. The van der Waals surface area contributed by atoms with E-state index in [1.165, 1.54) is 4.31 Å². The molecule has 30 heavy (non-hydrogen) atoms. The van der Waals surface area contributed by atoms with Crippen LogP contribution in [0.4, 0.5) is 0 Å². The van der Waals surface area contributed by atoms with Crippen LogP contribution >= 0.6 is 0 Å². The molecule has 2 aromatic carbocycles. The molecule has 1 saturated heterocycles. The number of amides is 1. The predicted molar refractivity (Wildman–Crippen MR) is 114 cm³/mol. The van der Waals surface area contributed by atoms with E-state index in [9.17, 15) is 13.2 Å². The van der Waals surface area contributed by atoms with Gasteiger partial charge in [-0.3, -0.25) is 4.79 Å². The van der Waals surface area contributed by atoms with Crippen LogP contribution in [0.2, 0.25) is 0 Å². The fourth-order valence-corrected chi connectivity index (χ4v) is 5.17. The van der Waals surface area contributed by atoms with Crippen molar-refractivity contribution in [3.8, 4) is 11.5 Å². The van der Waals surface area contributed by atoms with Gasteiger partial charge in [-0.05, 0) is 49.1 Å².